The Morgan fingerprint density at radius 2 is 2.24 bits per heavy atom. The average molecular weight is 339 g/mol. The van der Waals surface area contributed by atoms with Crippen molar-refractivity contribution in [3.8, 4) is 0 Å². The normalized spacial score (nSPS) is 26.6. The van der Waals surface area contributed by atoms with Gasteiger partial charge in [0, 0.05) is 23.5 Å². The Balaban J connectivity index is 2.41. The van der Waals surface area contributed by atoms with Crippen LogP contribution in [-0.4, -0.2) is 31.4 Å². The molecule has 0 saturated carbocycles. The summed E-state index contributed by atoms with van der Waals surface area (Å²) in [7, 11) is -3.40. The van der Waals surface area contributed by atoms with Crippen molar-refractivity contribution < 1.29 is 8.42 Å². The molecule has 0 bridgehead atoms. The second-order valence-electron chi connectivity index (χ2n) is 4.28. The minimum Gasteiger partial charge on any atom is -0.326 e. The summed E-state index contributed by atoms with van der Waals surface area (Å²) in [6, 6.07) is 1.48. The number of sulfonamides is 1. The molecular weight excluding hydrogens is 324 g/mol. The van der Waals surface area contributed by atoms with E-state index < -0.39 is 10.0 Å². The van der Waals surface area contributed by atoms with Gasteiger partial charge in [-0.25, -0.2) is 8.42 Å². The van der Waals surface area contributed by atoms with E-state index in [1.54, 1.807) is 6.07 Å². The molecule has 96 valence electrons. The van der Waals surface area contributed by atoms with Gasteiger partial charge in [0.25, 0.3) is 0 Å². The Bertz CT molecular complexity index is 526. The Labute approximate surface area is 114 Å². The van der Waals surface area contributed by atoms with Crippen LogP contribution in [0.25, 0.3) is 0 Å². The van der Waals surface area contributed by atoms with Crippen molar-refractivity contribution in [2.45, 2.75) is 37.2 Å². The fourth-order valence-electron chi connectivity index (χ4n) is 2.09. The number of thiophene rings is 1. The fourth-order valence-corrected chi connectivity index (χ4v) is 6.16. The third kappa shape index (κ3) is 2.31. The van der Waals surface area contributed by atoms with Crippen LogP contribution in [0.15, 0.2) is 14.7 Å². The minimum atomic E-state index is -3.40. The van der Waals surface area contributed by atoms with E-state index in [-0.39, 0.29) is 12.1 Å². The van der Waals surface area contributed by atoms with Gasteiger partial charge in [0.05, 0.1) is 8.68 Å². The molecule has 1 aromatic rings. The summed E-state index contributed by atoms with van der Waals surface area (Å²) in [5.41, 5.74) is 5.87. The van der Waals surface area contributed by atoms with Crippen LogP contribution in [0.4, 0.5) is 0 Å². The van der Waals surface area contributed by atoms with Crippen LogP contribution in [0.2, 0.25) is 0 Å². The molecule has 0 radical (unpaired) electrons. The van der Waals surface area contributed by atoms with Crippen LogP contribution in [-0.2, 0) is 10.0 Å². The molecule has 4 nitrogen and oxygen atoms in total. The molecule has 2 heterocycles. The zero-order valence-corrected chi connectivity index (χ0v) is 12.9. The fraction of sp³-hybridized carbons (Fsp3) is 0.600. The summed E-state index contributed by atoms with van der Waals surface area (Å²) in [5.74, 6) is 0. The molecule has 0 spiro atoms. The van der Waals surface area contributed by atoms with Gasteiger partial charge in [-0.3, -0.25) is 0 Å². The molecular formula is C10H15BrN2O2S2. The molecule has 2 atom stereocenters. The Hall–Kier alpha value is 0.0500. The first kappa shape index (κ1) is 13.5. The van der Waals surface area contributed by atoms with Crippen molar-refractivity contribution in [3.05, 3.63) is 14.7 Å². The van der Waals surface area contributed by atoms with Crippen molar-refractivity contribution in [3.63, 3.8) is 0 Å². The predicted octanol–water partition coefficient (Wildman–Crippen LogP) is 1.93. The highest BCUT2D eigenvalue weighted by atomic mass is 79.9. The molecule has 2 unspecified atom stereocenters. The maximum Gasteiger partial charge on any atom is 0.244 e. The molecule has 2 N–H and O–H groups in total. The smallest absolute Gasteiger partial charge is 0.244 e. The van der Waals surface area contributed by atoms with Crippen LogP contribution in [0.3, 0.4) is 0 Å². The monoisotopic (exact) mass is 338 g/mol. The Morgan fingerprint density at radius 3 is 2.65 bits per heavy atom. The zero-order chi connectivity index (χ0) is 12.8. The lowest BCUT2D eigenvalue weighted by Gasteiger charge is -2.22. The van der Waals surface area contributed by atoms with Crippen LogP contribution >= 0.6 is 27.3 Å². The molecule has 0 aliphatic carbocycles. The SMILES string of the molecule is Cc1sc(Br)cc1S(=O)(=O)N1CCC(N)C1C. The number of halogens is 1. The minimum absolute atomic E-state index is 0.0628. The van der Waals surface area contributed by atoms with Gasteiger partial charge < -0.3 is 5.73 Å². The summed E-state index contributed by atoms with van der Waals surface area (Å²) in [6.45, 7) is 4.20. The highest BCUT2D eigenvalue weighted by Crippen LogP contribution is 2.33. The van der Waals surface area contributed by atoms with Gasteiger partial charge in [0.1, 0.15) is 0 Å². The van der Waals surface area contributed by atoms with E-state index in [0.29, 0.717) is 11.4 Å². The maximum absolute atomic E-state index is 12.5. The topological polar surface area (TPSA) is 63.4 Å². The number of hydrogen-bond acceptors (Lipinski definition) is 4. The van der Waals surface area contributed by atoms with Crippen LogP contribution in [0.1, 0.15) is 18.2 Å². The third-order valence-electron chi connectivity index (χ3n) is 3.19. The number of nitrogens with zero attached hydrogens (tertiary/aromatic N) is 1. The van der Waals surface area contributed by atoms with Crippen molar-refractivity contribution in [1.29, 1.82) is 0 Å². The van der Waals surface area contributed by atoms with Gasteiger partial charge in [0.2, 0.25) is 10.0 Å². The first-order valence-corrected chi connectivity index (χ1v) is 8.42. The molecule has 7 heteroatoms. The quantitative estimate of drug-likeness (QED) is 0.896. The van der Waals surface area contributed by atoms with Crippen molar-refractivity contribution in [2.75, 3.05) is 6.54 Å². The lowest BCUT2D eigenvalue weighted by molar-refractivity contribution is 0.393. The van der Waals surface area contributed by atoms with E-state index in [1.807, 2.05) is 13.8 Å². The van der Waals surface area contributed by atoms with Crippen LogP contribution in [0.5, 0.6) is 0 Å². The molecule has 1 saturated heterocycles. The molecule has 1 aliphatic rings. The highest BCUT2D eigenvalue weighted by molar-refractivity contribution is 9.11. The van der Waals surface area contributed by atoms with Gasteiger partial charge in [-0.2, -0.15) is 4.31 Å². The summed E-state index contributed by atoms with van der Waals surface area (Å²) in [4.78, 5) is 1.21. The van der Waals surface area contributed by atoms with Gasteiger partial charge >= 0.3 is 0 Å². The maximum atomic E-state index is 12.5. The van der Waals surface area contributed by atoms with E-state index in [1.165, 1.54) is 15.6 Å². The van der Waals surface area contributed by atoms with Crippen molar-refractivity contribution >= 4 is 37.3 Å². The Morgan fingerprint density at radius 1 is 1.59 bits per heavy atom. The van der Waals surface area contributed by atoms with E-state index >= 15 is 0 Å². The summed E-state index contributed by atoms with van der Waals surface area (Å²) in [5, 5.41) is 0. The highest BCUT2D eigenvalue weighted by Gasteiger charge is 2.38. The molecule has 2 rings (SSSR count). The third-order valence-corrected chi connectivity index (χ3v) is 6.98. The zero-order valence-electron chi connectivity index (χ0n) is 9.68. The molecule has 17 heavy (non-hydrogen) atoms. The lowest BCUT2D eigenvalue weighted by atomic mass is 10.2. The van der Waals surface area contributed by atoms with E-state index in [9.17, 15) is 8.42 Å². The molecule has 1 aliphatic heterocycles. The van der Waals surface area contributed by atoms with E-state index in [0.717, 1.165) is 15.1 Å². The number of rotatable bonds is 2. The van der Waals surface area contributed by atoms with Crippen molar-refractivity contribution in [2.24, 2.45) is 5.73 Å². The van der Waals surface area contributed by atoms with Gasteiger partial charge in [-0.05, 0) is 42.3 Å². The van der Waals surface area contributed by atoms with E-state index in [4.69, 9.17) is 5.73 Å². The van der Waals surface area contributed by atoms with Gasteiger partial charge in [-0.15, -0.1) is 11.3 Å². The molecule has 0 amide bonds. The van der Waals surface area contributed by atoms with Gasteiger partial charge in [0.15, 0.2) is 0 Å². The van der Waals surface area contributed by atoms with Crippen LogP contribution in [0, 0.1) is 6.92 Å². The van der Waals surface area contributed by atoms with E-state index in [2.05, 4.69) is 15.9 Å². The summed E-state index contributed by atoms with van der Waals surface area (Å²) >= 11 is 4.76. The number of nitrogens with two attached hydrogens (primary N) is 1. The molecule has 1 fully saturated rings. The van der Waals surface area contributed by atoms with Gasteiger partial charge in [-0.1, -0.05) is 0 Å². The Kier molecular flexibility index (Phi) is 3.66. The number of aryl methyl sites for hydroxylation is 1. The summed E-state index contributed by atoms with van der Waals surface area (Å²) < 4.78 is 27.3. The second-order valence-corrected chi connectivity index (χ2v) is 8.77. The number of hydrogen-bond donors (Lipinski definition) is 1. The molecule has 1 aromatic heterocycles. The first-order valence-electron chi connectivity index (χ1n) is 5.37. The predicted molar refractivity (Wildman–Crippen MR) is 72.7 cm³/mol. The standard InChI is InChI=1S/C10H15BrN2O2S2/c1-6-8(12)3-4-13(6)17(14,15)9-5-10(11)16-7(9)2/h5-6,8H,3-4,12H2,1-2H3. The molecule has 0 aromatic carbocycles. The van der Waals surface area contributed by atoms with Crippen LogP contribution < -0.4 is 5.73 Å². The lowest BCUT2D eigenvalue weighted by Crippen LogP contribution is -2.40. The average Bonchev–Trinajstić information content (AvgIpc) is 2.72. The first-order chi connectivity index (χ1) is 7.84. The largest absolute Gasteiger partial charge is 0.326 e. The second kappa shape index (κ2) is 4.62. The summed E-state index contributed by atoms with van der Waals surface area (Å²) in [6.07, 6.45) is 0.727. The van der Waals surface area contributed by atoms with Crippen molar-refractivity contribution in [1.82, 2.24) is 4.31 Å².